The summed E-state index contributed by atoms with van der Waals surface area (Å²) in [6.45, 7) is 2.17. The van der Waals surface area contributed by atoms with Crippen LogP contribution < -0.4 is 0 Å². The van der Waals surface area contributed by atoms with E-state index in [1.54, 1.807) is 4.90 Å². The van der Waals surface area contributed by atoms with Crippen molar-refractivity contribution in [1.29, 1.82) is 0 Å². The van der Waals surface area contributed by atoms with Gasteiger partial charge < -0.3 is 15.1 Å². The van der Waals surface area contributed by atoms with E-state index in [0.29, 0.717) is 18.3 Å². The second-order valence-corrected chi connectivity index (χ2v) is 8.68. The summed E-state index contributed by atoms with van der Waals surface area (Å²) in [5.41, 5.74) is 1.50. The van der Waals surface area contributed by atoms with E-state index < -0.39 is 0 Å². The van der Waals surface area contributed by atoms with Crippen LogP contribution in [0.15, 0.2) is 23.8 Å². The Labute approximate surface area is 165 Å². The maximum Gasteiger partial charge on any atom is 0.222 e. The minimum Gasteiger partial charge on any atom is -0.392 e. The van der Waals surface area contributed by atoms with Gasteiger partial charge in [0.15, 0.2) is 0 Å². The number of allylic oxidation sites excluding steroid dienone is 2. The van der Waals surface area contributed by atoms with E-state index in [9.17, 15) is 15.0 Å². The Balaban J connectivity index is 1.76. The number of hydrogen-bond acceptors (Lipinski definition) is 3. The molecule has 4 heteroatoms. The van der Waals surface area contributed by atoms with E-state index >= 15 is 0 Å². The van der Waals surface area contributed by atoms with Crippen molar-refractivity contribution >= 4 is 5.91 Å². The molecule has 0 aromatic heterocycles. The number of aliphatic hydroxyl groups is 2. The van der Waals surface area contributed by atoms with Crippen LogP contribution in [0.3, 0.4) is 0 Å². The molecule has 0 saturated heterocycles. The summed E-state index contributed by atoms with van der Waals surface area (Å²) in [6, 6.07) is 0. The summed E-state index contributed by atoms with van der Waals surface area (Å²) >= 11 is 0. The first kappa shape index (κ1) is 22.2. The Morgan fingerprint density at radius 2 is 2.07 bits per heavy atom. The Morgan fingerprint density at radius 3 is 2.78 bits per heavy atom. The lowest BCUT2D eigenvalue weighted by Gasteiger charge is -2.19. The normalized spacial score (nSPS) is 28.4. The molecule has 27 heavy (non-hydrogen) atoms. The van der Waals surface area contributed by atoms with Gasteiger partial charge in [-0.2, -0.15) is 0 Å². The molecule has 0 bridgehead atoms. The number of unbranched alkanes of at least 4 members (excludes halogenated alkanes) is 3. The highest BCUT2D eigenvalue weighted by atomic mass is 16.3. The monoisotopic (exact) mass is 377 g/mol. The molecular formula is C23H39NO3. The van der Waals surface area contributed by atoms with Crippen LogP contribution in [0, 0.1) is 17.8 Å². The highest BCUT2D eigenvalue weighted by Crippen LogP contribution is 2.48. The van der Waals surface area contributed by atoms with Crippen molar-refractivity contribution < 1.29 is 15.0 Å². The first-order valence-electron chi connectivity index (χ1n) is 10.9. The third-order valence-electron chi connectivity index (χ3n) is 6.25. The Morgan fingerprint density at radius 1 is 1.30 bits per heavy atom. The summed E-state index contributed by atoms with van der Waals surface area (Å²) in [7, 11) is 3.62. The van der Waals surface area contributed by atoms with Crippen LogP contribution >= 0.6 is 0 Å². The van der Waals surface area contributed by atoms with Crippen LogP contribution in [0.25, 0.3) is 0 Å². The molecule has 0 aromatic carbocycles. The van der Waals surface area contributed by atoms with E-state index in [-0.39, 0.29) is 24.0 Å². The molecule has 1 fully saturated rings. The number of amides is 1. The molecule has 2 rings (SSSR count). The lowest BCUT2D eigenvalue weighted by molar-refractivity contribution is -0.128. The molecule has 2 N–H and O–H groups in total. The third kappa shape index (κ3) is 6.76. The minimum absolute atomic E-state index is 0.167. The van der Waals surface area contributed by atoms with Crippen LogP contribution in [0.5, 0.6) is 0 Å². The molecule has 0 aliphatic heterocycles. The first-order valence-corrected chi connectivity index (χ1v) is 10.9. The van der Waals surface area contributed by atoms with E-state index in [2.05, 4.69) is 19.1 Å². The highest BCUT2D eigenvalue weighted by Gasteiger charge is 2.43. The number of carbonyl (C=O) groups is 1. The zero-order valence-electron chi connectivity index (χ0n) is 17.4. The lowest BCUT2D eigenvalue weighted by Crippen LogP contribution is -2.21. The summed E-state index contributed by atoms with van der Waals surface area (Å²) in [6.07, 6.45) is 15.5. The number of hydrogen-bond donors (Lipinski definition) is 2. The fourth-order valence-corrected chi connectivity index (χ4v) is 4.60. The topological polar surface area (TPSA) is 60.8 Å². The molecular weight excluding hydrogens is 338 g/mol. The number of rotatable bonds is 11. The molecule has 1 saturated carbocycles. The van der Waals surface area contributed by atoms with Gasteiger partial charge >= 0.3 is 0 Å². The smallest absolute Gasteiger partial charge is 0.222 e. The molecule has 2 aliphatic carbocycles. The number of aliphatic hydroxyl groups excluding tert-OH is 2. The zero-order chi connectivity index (χ0) is 19.8. The molecule has 2 aliphatic rings. The van der Waals surface area contributed by atoms with Crippen LogP contribution in [0.1, 0.15) is 71.1 Å². The van der Waals surface area contributed by atoms with Gasteiger partial charge in [-0.1, -0.05) is 50.0 Å². The number of carbonyl (C=O) groups excluding carboxylic acids is 1. The quantitative estimate of drug-likeness (QED) is 0.421. The van der Waals surface area contributed by atoms with Gasteiger partial charge in [0.1, 0.15) is 0 Å². The van der Waals surface area contributed by atoms with Gasteiger partial charge in [0.2, 0.25) is 5.91 Å². The average Bonchev–Trinajstić information content (AvgIpc) is 3.13. The lowest BCUT2D eigenvalue weighted by atomic mass is 9.88. The molecule has 1 amide bonds. The SMILES string of the molecule is CCCCC[C@@H](O)/C=C/[C@H]1[C@@H]2CC(CCCCC(=O)N(C)C)=C[C@@H]2C[C@@H]1O. The summed E-state index contributed by atoms with van der Waals surface area (Å²) < 4.78 is 0. The molecule has 4 nitrogen and oxygen atoms in total. The number of fused-ring (bicyclic) bond motifs is 1. The molecule has 0 spiro atoms. The van der Waals surface area contributed by atoms with Crippen molar-refractivity contribution in [3.8, 4) is 0 Å². The zero-order valence-corrected chi connectivity index (χ0v) is 17.4. The van der Waals surface area contributed by atoms with Crippen LogP contribution in [-0.4, -0.2) is 47.3 Å². The predicted molar refractivity (Wildman–Crippen MR) is 110 cm³/mol. The maximum absolute atomic E-state index is 11.6. The largest absolute Gasteiger partial charge is 0.392 e. The van der Waals surface area contributed by atoms with E-state index in [1.807, 2.05) is 20.2 Å². The second kappa shape index (κ2) is 11.0. The Hall–Kier alpha value is -1.13. The summed E-state index contributed by atoms with van der Waals surface area (Å²) in [5.74, 6) is 1.33. The minimum atomic E-state index is -0.383. The van der Waals surface area contributed by atoms with Gasteiger partial charge in [0.25, 0.3) is 0 Å². The second-order valence-electron chi connectivity index (χ2n) is 8.68. The standard InChI is InChI=1S/C23H39NO3/c1-4-5-6-10-19(25)12-13-20-21-15-17(14-18(21)16-22(20)26)9-7-8-11-23(27)24(2)3/h12-14,18-22,25-26H,4-11,15-16H2,1-3H3/b13-12+/t18-,19-,20+,21-,22+/m1/s1. The summed E-state index contributed by atoms with van der Waals surface area (Å²) in [5, 5.41) is 20.6. The molecule has 0 heterocycles. The van der Waals surface area contributed by atoms with Crippen molar-refractivity contribution in [2.24, 2.45) is 17.8 Å². The van der Waals surface area contributed by atoms with Gasteiger partial charge in [-0.15, -0.1) is 0 Å². The third-order valence-corrected chi connectivity index (χ3v) is 6.25. The maximum atomic E-state index is 11.6. The van der Waals surface area contributed by atoms with Gasteiger partial charge in [0.05, 0.1) is 12.2 Å². The average molecular weight is 378 g/mol. The highest BCUT2D eigenvalue weighted by molar-refractivity contribution is 5.75. The predicted octanol–water partition coefficient (Wildman–Crippen LogP) is 4.08. The molecule has 0 radical (unpaired) electrons. The fraction of sp³-hybridized carbons (Fsp3) is 0.783. The van der Waals surface area contributed by atoms with Crippen molar-refractivity contribution in [3.63, 3.8) is 0 Å². The van der Waals surface area contributed by atoms with Crippen molar-refractivity contribution in [1.82, 2.24) is 4.90 Å². The van der Waals surface area contributed by atoms with Crippen molar-refractivity contribution in [2.75, 3.05) is 14.1 Å². The van der Waals surface area contributed by atoms with Crippen molar-refractivity contribution in [2.45, 2.75) is 83.3 Å². The van der Waals surface area contributed by atoms with Crippen molar-refractivity contribution in [3.05, 3.63) is 23.8 Å². The van der Waals surface area contributed by atoms with Gasteiger partial charge in [-0.25, -0.2) is 0 Å². The number of nitrogens with zero attached hydrogens (tertiary/aromatic N) is 1. The van der Waals surface area contributed by atoms with Gasteiger partial charge in [0, 0.05) is 26.4 Å². The Kier molecular flexibility index (Phi) is 9.04. The Bertz CT molecular complexity index is 526. The van der Waals surface area contributed by atoms with Crippen LogP contribution in [-0.2, 0) is 4.79 Å². The summed E-state index contributed by atoms with van der Waals surface area (Å²) in [4.78, 5) is 13.3. The molecule has 154 valence electrons. The molecule has 0 aromatic rings. The van der Waals surface area contributed by atoms with Crippen LogP contribution in [0.2, 0.25) is 0 Å². The van der Waals surface area contributed by atoms with E-state index in [4.69, 9.17) is 0 Å². The van der Waals surface area contributed by atoms with Gasteiger partial charge in [-0.3, -0.25) is 4.79 Å². The molecule has 0 unspecified atom stereocenters. The van der Waals surface area contributed by atoms with Crippen LogP contribution in [0.4, 0.5) is 0 Å². The van der Waals surface area contributed by atoms with E-state index in [1.165, 1.54) is 12.0 Å². The fourth-order valence-electron chi connectivity index (χ4n) is 4.60. The first-order chi connectivity index (χ1) is 12.9. The van der Waals surface area contributed by atoms with E-state index in [0.717, 1.165) is 51.4 Å². The van der Waals surface area contributed by atoms with Gasteiger partial charge in [-0.05, 0) is 50.4 Å². The molecule has 5 atom stereocenters.